The number of hydrogen-bond donors (Lipinski definition) is 3. The van der Waals surface area contributed by atoms with E-state index < -0.39 is 43.8 Å². The van der Waals surface area contributed by atoms with Gasteiger partial charge >= 0.3 is 12.4 Å². The van der Waals surface area contributed by atoms with Gasteiger partial charge in [-0.05, 0) is 116 Å². The second kappa shape index (κ2) is 14.9. The van der Waals surface area contributed by atoms with Gasteiger partial charge in [0, 0.05) is 42.6 Å². The standard InChI is InChI=1S/C20H19F3N4O2S.C18H15F3N4O2S/c1-24-30(28,29)16-6-4-15(5-7-16)27-18(12-19(25-27)20(21,22)23)13-3-8-17-14(11-13)9-10-26(17)2;19-18(20,21)17-10-16(12-1-6-15-11(9-12)7-8-23-15)25(24-17)13-2-4-14(5-3-13)28(22,26)27/h3-8,11-12,24H,9-10H2,1-2H3;1-6,9-10,23H,7-8H2,(H2,22,26,27). The van der Waals surface area contributed by atoms with Gasteiger partial charge in [-0.3, -0.25) is 0 Å². The molecular formula is C38H34F6N8O4S2. The van der Waals surface area contributed by atoms with Crippen LogP contribution in [0.2, 0.25) is 0 Å². The molecule has 0 atom stereocenters. The SMILES string of the molecule is CNS(=O)(=O)c1ccc(-n2nc(C(F)(F)F)cc2-c2ccc3c(c2)CCN3C)cc1.NS(=O)(=O)c1ccc(-n2nc(C(F)(F)F)cc2-c2ccc3c(c2)CCN3)cc1. The molecular weight excluding hydrogens is 811 g/mol. The van der Waals surface area contributed by atoms with Crippen molar-refractivity contribution in [1.82, 2.24) is 24.3 Å². The van der Waals surface area contributed by atoms with Gasteiger partial charge in [-0.1, -0.05) is 12.1 Å². The molecule has 4 heterocycles. The minimum absolute atomic E-state index is 0.0130. The number of likely N-dealkylation sites (N-methyl/N-ethyl adjacent to an activating group) is 1. The molecule has 0 unspecified atom stereocenters. The number of anilines is 2. The molecule has 0 spiro atoms. The number of aromatic nitrogens is 4. The highest BCUT2D eigenvalue weighted by molar-refractivity contribution is 7.89. The van der Waals surface area contributed by atoms with Gasteiger partial charge in [0.05, 0.1) is 32.6 Å². The number of rotatable bonds is 7. The molecule has 0 bridgehead atoms. The molecule has 0 saturated heterocycles. The van der Waals surface area contributed by atoms with Gasteiger partial charge in [0.25, 0.3) is 0 Å². The van der Waals surface area contributed by atoms with Crippen molar-refractivity contribution < 1.29 is 43.2 Å². The van der Waals surface area contributed by atoms with Crippen molar-refractivity contribution >= 4 is 31.4 Å². The Morgan fingerprint density at radius 2 is 1.17 bits per heavy atom. The molecule has 2 aromatic heterocycles. The minimum atomic E-state index is -4.61. The summed E-state index contributed by atoms with van der Waals surface area (Å²) in [7, 11) is -4.30. The number of nitrogens with zero attached hydrogens (tertiary/aromatic N) is 5. The molecule has 4 N–H and O–H groups in total. The summed E-state index contributed by atoms with van der Waals surface area (Å²) in [5, 5.41) is 15.8. The van der Waals surface area contributed by atoms with E-state index in [1.165, 1.54) is 60.3 Å². The van der Waals surface area contributed by atoms with E-state index in [1.807, 2.05) is 31.3 Å². The van der Waals surface area contributed by atoms with Gasteiger partial charge < -0.3 is 10.2 Å². The predicted molar refractivity (Wildman–Crippen MR) is 205 cm³/mol. The van der Waals surface area contributed by atoms with Crippen LogP contribution in [-0.4, -0.2) is 63.6 Å². The summed E-state index contributed by atoms with van der Waals surface area (Å²) in [6.07, 6.45) is -7.62. The first-order valence-corrected chi connectivity index (χ1v) is 20.5. The van der Waals surface area contributed by atoms with Crippen LogP contribution in [0.25, 0.3) is 33.9 Å². The number of nitrogens with two attached hydrogens (primary N) is 1. The van der Waals surface area contributed by atoms with Crippen molar-refractivity contribution in [2.24, 2.45) is 5.14 Å². The Morgan fingerprint density at radius 3 is 1.67 bits per heavy atom. The summed E-state index contributed by atoms with van der Waals surface area (Å²) in [6, 6.07) is 23.7. The monoisotopic (exact) mass is 844 g/mol. The van der Waals surface area contributed by atoms with Crippen LogP contribution in [0.4, 0.5) is 37.7 Å². The first kappa shape index (κ1) is 40.5. The maximum atomic E-state index is 13.4. The molecule has 304 valence electrons. The van der Waals surface area contributed by atoms with E-state index in [1.54, 1.807) is 12.1 Å². The lowest BCUT2D eigenvalue weighted by molar-refractivity contribution is -0.142. The highest BCUT2D eigenvalue weighted by atomic mass is 32.2. The van der Waals surface area contributed by atoms with Crippen molar-refractivity contribution in [2.75, 3.05) is 37.4 Å². The molecule has 12 nitrogen and oxygen atoms in total. The van der Waals surface area contributed by atoms with Crippen molar-refractivity contribution in [2.45, 2.75) is 35.0 Å². The summed E-state index contributed by atoms with van der Waals surface area (Å²) < 4.78 is 131. The first-order valence-electron chi connectivity index (χ1n) is 17.5. The maximum Gasteiger partial charge on any atom is 0.435 e. The lowest BCUT2D eigenvalue weighted by Gasteiger charge is -2.13. The first-order chi connectivity index (χ1) is 27.2. The Labute approximate surface area is 329 Å². The molecule has 6 aromatic rings. The molecule has 2 aliphatic heterocycles. The zero-order chi connectivity index (χ0) is 41.8. The molecule has 0 aliphatic carbocycles. The summed E-state index contributed by atoms with van der Waals surface area (Å²) in [6.45, 7) is 1.63. The van der Waals surface area contributed by atoms with Gasteiger partial charge in [0.2, 0.25) is 20.0 Å². The topological polar surface area (TPSA) is 157 Å². The summed E-state index contributed by atoms with van der Waals surface area (Å²) >= 11 is 0. The molecule has 0 amide bonds. The van der Waals surface area contributed by atoms with E-state index in [-0.39, 0.29) is 26.9 Å². The largest absolute Gasteiger partial charge is 0.435 e. The highest BCUT2D eigenvalue weighted by Gasteiger charge is 2.36. The van der Waals surface area contributed by atoms with Gasteiger partial charge in [-0.2, -0.15) is 36.5 Å². The average molecular weight is 845 g/mol. The molecule has 4 aromatic carbocycles. The van der Waals surface area contributed by atoms with Gasteiger partial charge in [0.15, 0.2) is 11.4 Å². The van der Waals surface area contributed by atoms with Crippen LogP contribution in [0.15, 0.2) is 107 Å². The fourth-order valence-corrected chi connectivity index (χ4v) is 7.94. The predicted octanol–water partition coefficient (Wildman–Crippen LogP) is 6.63. The Bertz CT molecular complexity index is 2730. The molecule has 0 fully saturated rings. The van der Waals surface area contributed by atoms with Crippen molar-refractivity contribution in [3.63, 3.8) is 0 Å². The fourth-order valence-electron chi connectivity index (χ4n) is 6.70. The molecule has 8 rings (SSSR count). The van der Waals surface area contributed by atoms with Crippen molar-refractivity contribution in [3.05, 3.63) is 120 Å². The fraction of sp³-hybridized carbons (Fsp3) is 0.211. The number of nitrogens with one attached hydrogen (secondary N) is 2. The van der Waals surface area contributed by atoms with Crippen LogP contribution in [0.5, 0.6) is 0 Å². The van der Waals surface area contributed by atoms with Gasteiger partial charge in [0.1, 0.15) is 0 Å². The second-order valence-corrected chi connectivity index (χ2v) is 16.9. The van der Waals surface area contributed by atoms with Gasteiger partial charge in [-0.25, -0.2) is 36.1 Å². The van der Waals surface area contributed by atoms with Crippen LogP contribution in [0.1, 0.15) is 22.5 Å². The molecule has 2 aliphatic rings. The van der Waals surface area contributed by atoms with Crippen LogP contribution >= 0.6 is 0 Å². The van der Waals surface area contributed by atoms with Crippen LogP contribution in [-0.2, 0) is 45.2 Å². The molecule has 58 heavy (non-hydrogen) atoms. The number of alkyl halides is 6. The summed E-state index contributed by atoms with van der Waals surface area (Å²) in [5.41, 5.74) is 4.40. The molecule has 0 radical (unpaired) electrons. The Kier molecular flexibility index (Phi) is 10.4. The third-order valence-electron chi connectivity index (χ3n) is 9.68. The quantitative estimate of drug-likeness (QED) is 0.151. The summed E-state index contributed by atoms with van der Waals surface area (Å²) in [4.78, 5) is 1.97. The van der Waals surface area contributed by atoms with Crippen molar-refractivity contribution in [1.29, 1.82) is 0 Å². The van der Waals surface area contributed by atoms with E-state index in [4.69, 9.17) is 5.14 Å². The van der Waals surface area contributed by atoms with E-state index in [0.29, 0.717) is 16.8 Å². The average Bonchev–Trinajstić information content (AvgIpc) is 4.00. The number of primary sulfonamides is 1. The smallest absolute Gasteiger partial charge is 0.384 e. The number of fused-ring (bicyclic) bond motifs is 2. The third kappa shape index (κ3) is 8.17. The van der Waals surface area contributed by atoms with Crippen molar-refractivity contribution in [3.8, 4) is 33.9 Å². The lowest BCUT2D eigenvalue weighted by atomic mass is 10.1. The number of sulfonamides is 2. The number of halogens is 6. The zero-order valence-corrected chi connectivity index (χ0v) is 32.2. The number of benzene rings is 4. The molecule has 0 saturated carbocycles. The maximum absolute atomic E-state index is 13.4. The minimum Gasteiger partial charge on any atom is -0.384 e. The zero-order valence-electron chi connectivity index (χ0n) is 30.6. The Hall–Kier alpha value is -5.70. The Balaban J connectivity index is 0.000000177. The van der Waals surface area contributed by atoms with Gasteiger partial charge in [-0.15, -0.1) is 0 Å². The normalized spacial score (nSPS) is 14.1. The van der Waals surface area contributed by atoms with E-state index in [2.05, 4.69) is 25.1 Å². The van der Waals surface area contributed by atoms with E-state index in [9.17, 15) is 43.2 Å². The van der Waals surface area contributed by atoms with Crippen LogP contribution < -0.4 is 20.1 Å². The number of hydrogen-bond acceptors (Lipinski definition) is 8. The molecule has 20 heteroatoms. The second-order valence-electron chi connectivity index (χ2n) is 13.5. The van der Waals surface area contributed by atoms with E-state index in [0.717, 1.165) is 65.2 Å². The van der Waals surface area contributed by atoms with E-state index >= 15 is 0 Å². The van der Waals surface area contributed by atoms with Crippen LogP contribution in [0, 0.1) is 0 Å². The van der Waals surface area contributed by atoms with Crippen LogP contribution in [0.3, 0.4) is 0 Å². The lowest BCUT2D eigenvalue weighted by Crippen LogP contribution is -2.18. The highest BCUT2D eigenvalue weighted by Crippen LogP contribution is 2.38. The third-order valence-corrected chi connectivity index (χ3v) is 12.0. The Morgan fingerprint density at radius 1 is 0.672 bits per heavy atom. The summed E-state index contributed by atoms with van der Waals surface area (Å²) in [5.74, 6) is 0.